The Labute approximate surface area is 216 Å². The quantitative estimate of drug-likeness (QED) is 0.320. The fourth-order valence-corrected chi connectivity index (χ4v) is 5.57. The van der Waals surface area contributed by atoms with Crippen molar-refractivity contribution >= 4 is 39.8 Å². The molecular formula is C26H23FN8OS. The monoisotopic (exact) mass is 514 g/mol. The molecule has 0 unspecified atom stereocenters. The molecule has 1 aromatic carbocycles. The van der Waals surface area contributed by atoms with Crippen molar-refractivity contribution in [2.24, 2.45) is 7.05 Å². The molecule has 1 amide bonds. The summed E-state index contributed by atoms with van der Waals surface area (Å²) in [5, 5.41) is 4.73. The number of likely N-dealkylation sites (tertiary alicyclic amines) is 1. The lowest BCUT2D eigenvalue weighted by Crippen LogP contribution is -2.45. The van der Waals surface area contributed by atoms with Gasteiger partial charge in [0.15, 0.2) is 0 Å². The van der Waals surface area contributed by atoms with Gasteiger partial charge in [-0.1, -0.05) is 18.4 Å². The average Bonchev–Trinajstić information content (AvgIpc) is 3.70. The number of benzene rings is 1. The second kappa shape index (κ2) is 8.99. The van der Waals surface area contributed by atoms with E-state index in [1.54, 1.807) is 34.3 Å². The molecule has 1 saturated heterocycles. The molecule has 3 N–H and O–H groups in total. The van der Waals surface area contributed by atoms with Gasteiger partial charge in [0.25, 0.3) is 0 Å². The van der Waals surface area contributed by atoms with Crippen LogP contribution in [-0.4, -0.2) is 49.5 Å². The molecule has 6 rings (SSSR count). The van der Waals surface area contributed by atoms with Gasteiger partial charge in [-0.3, -0.25) is 4.79 Å². The normalized spacial score (nSPS) is 18.6. The van der Waals surface area contributed by atoms with Gasteiger partial charge < -0.3 is 20.2 Å². The number of rotatable bonds is 3. The number of imidazole rings is 1. The first-order valence-corrected chi connectivity index (χ1v) is 12.6. The molecule has 11 heteroatoms. The van der Waals surface area contributed by atoms with Gasteiger partial charge in [-0.25, -0.2) is 24.8 Å². The number of hydrogen-bond acceptors (Lipinski definition) is 8. The summed E-state index contributed by atoms with van der Waals surface area (Å²) in [7, 11) is 1.82. The van der Waals surface area contributed by atoms with Crippen LogP contribution in [0.1, 0.15) is 23.6 Å². The van der Waals surface area contributed by atoms with E-state index in [4.69, 9.17) is 5.73 Å². The number of hydrazine groups is 1. The van der Waals surface area contributed by atoms with E-state index < -0.39 is 11.9 Å². The van der Waals surface area contributed by atoms with E-state index in [9.17, 15) is 9.18 Å². The lowest BCUT2D eigenvalue weighted by Gasteiger charge is -2.28. The van der Waals surface area contributed by atoms with Crippen molar-refractivity contribution in [3.63, 3.8) is 0 Å². The summed E-state index contributed by atoms with van der Waals surface area (Å²) in [5.74, 6) is 5.97. The molecule has 2 atom stereocenters. The van der Waals surface area contributed by atoms with E-state index in [1.165, 1.54) is 23.5 Å². The van der Waals surface area contributed by atoms with Crippen molar-refractivity contribution in [1.82, 2.24) is 29.8 Å². The molecule has 186 valence electrons. The number of carbonyl (C=O) groups is 1. The highest BCUT2D eigenvalue weighted by molar-refractivity contribution is 7.13. The molecule has 1 fully saturated rings. The number of anilines is 2. The Balaban J connectivity index is 1.42. The maximum Gasteiger partial charge on any atom is 0.246 e. The molecule has 5 heterocycles. The van der Waals surface area contributed by atoms with Crippen LogP contribution in [0.5, 0.6) is 0 Å². The number of hydrogen-bond donors (Lipinski definition) is 2. The Morgan fingerprint density at radius 3 is 3.00 bits per heavy atom. The summed E-state index contributed by atoms with van der Waals surface area (Å²) < 4.78 is 16.6. The number of fused-ring (bicyclic) bond motifs is 2. The van der Waals surface area contributed by atoms with Crippen LogP contribution in [0.4, 0.5) is 15.9 Å². The molecule has 0 spiro atoms. The highest BCUT2D eigenvalue weighted by Crippen LogP contribution is 2.45. The summed E-state index contributed by atoms with van der Waals surface area (Å²) in [6, 6.07) is 2.52. The van der Waals surface area contributed by atoms with E-state index in [1.807, 2.05) is 17.4 Å². The number of nitrogens with zero attached hydrogens (tertiary/aromatic N) is 6. The molecule has 4 aromatic rings. The van der Waals surface area contributed by atoms with Crippen LogP contribution in [-0.2, 0) is 11.8 Å². The van der Waals surface area contributed by atoms with Crippen LogP contribution in [0.3, 0.4) is 0 Å². The Bertz CT molecular complexity index is 1600. The number of aryl methyl sites for hydroxylation is 1. The minimum absolute atomic E-state index is 0.0310. The number of pyridine rings is 1. The van der Waals surface area contributed by atoms with Crippen molar-refractivity contribution in [2.75, 3.05) is 23.8 Å². The first-order valence-electron chi connectivity index (χ1n) is 11.7. The number of carbonyl (C=O) groups excluding carboxylic acids is 1. The molecule has 9 nitrogen and oxygen atoms in total. The van der Waals surface area contributed by atoms with Crippen LogP contribution in [0.2, 0.25) is 0 Å². The second-order valence-electron chi connectivity index (χ2n) is 8.97. The number of nitrogens with one attached hydrogen (secondary N) is 1. The van der Waals surface area contributed by atoms with Gasteiger partial charge in [0, 0.05) is 44.0 Å². The zero-order valence-electron chi connectivity index (χ0n) is 20.0. The maximum atomic E-state index is 14.9. The molecule has 2 aliphatic heterocycles. The third kappa shape index (κ3) is 3.91. The molecule has 2 aliphatic rings. The third-order valence-electron chi connectivity index (χ3n) is 6.76. The second-order valence-corrected chi connectivity index (χ2v) is 9.86. The van der Waals surface area contributed by atoms with Crippen molar-refractivity contribution in [1.29, 1.82) is 0 Å². The van der Waals surface area contributed by atoms with Gasteiger partial charge in [-0.2, -0.15) is 0 Å². The summed E-state index contributed by atoms with van der Waals surface area (Å²) in [6.45, 7) is 4.74. The number of halogens is 1. The molecule has 0 radical (unpaired) electrons. The highest BCUT2D eigenvalue weighted by Gasteiger charge is 2.40. The number of aromatic nitrogens is 4. The summed E-state index contributed by atoms with van der Waals surface area (Å²) in [5.41, 5.74) is 13.8. The first-order chi connectivity index (χ1) is 17.9. The average molecular weight is 515 g/mol. The fourth-order valence-electron chi connectivity index (χ4n) is 4.92. The molecule has 0 bridgehead atoms. The van der Waals surface area contributed by atoms with Crippen LogP contribution in [0, 0.1) is 17.7 Å². The van der Waals surface area contributed by atoms with E-state index in [2.05, 4.69) is 38.8 Å². The van der Waals surface area contributed by atoms with E-state index in [-0.39, 0.29) is 17.5 Å². The van der Waals surface area contributed by atoms with Gasteiger partial charge in [0.2, 0.25) is 5.91 Å². The molecule has 37 heavy (non-hydrogen) atoms. The molecular weight excluding hydrogens is 491 g/mol. The minimum atomic E-state index is -0.537. The van der Waals surface area contributed by atoms with Crippen molar-refractivity contribution in [2.45, 2.75) is 18.5 Å². The van der Waals surface area contributed by atoms with Crippen molar-refractivity contribution in [3.05, 3.63) is 65.8 Å². The summed E-state index contributed by atoms with van der Waals surface area (Å²) >= 11 is 1.50. The van der Waals surface area contributed by atoms with E-state index in [0.717, 1.165) is 22.7 Å². The van der Waals surface area contributed by atoms with Crippen molar-refractivity contribution in [3.8, 4) is 22.4 Å². The van der Waals surface area contributed by atoms with Gasteiger partial charge >= 0.3 is 0 Å². The number of nitrogens with two attached hydrogens (primary N) is 1. The first kappa shape index (κ1) is 23.1. The Hall–Kier alpha value is -4.27. The van der Waals surface area contributed by atoms with Gasteiger partial charge in [0.1, 0.15) is 22.7 Å². The van der Waals surface area contributed by atoms with Crippen LogP contribution >= 0.6 is 11.3 Å². The standard InChI is InChI=1S/C26H23FN8OS/c1-3-22(36)34-8-6-16(13-34)35-24-17(26-29-7-9-37-26)12-30-25(28)23(24)19(32-35)5-4-15-10-20-21(11-18(15)27)33(2)14-31-20/h3,7,9-12,14,16,19,32H,1,6,8,13H2,2H3,(H2,28,30)/t16-,19-/m0/s1. The maximum absolute atomic E-state index is 14.9. The summed E-state index contributed by atoms with van der Waals surface area (Å²) in [4.78, 5) is 27.2. The van der Waals surface area contributed by atoms with Crippen molar-refractivity contribution < 1.29 is 9.18 Å². The lowest BCUT2D eigenvalue weighted by atomic mass is 10.0. The third-order valence-corrected chi connectivity index (χ3v) is 7.57. The largest absolute Gasteiger partial charge is 0.383 e. The number of nitrogen functional groups attached to an aromatic ring is 1. The zero-order chi connectivity index (χ0) is 25.7. The number of amides is 1. The Morgan fingerprint density at radius 2 is 2.22 bits per heavy atom. The molecule has 0 saturated carbocycles. The minimum Gasteiger partial charge on any atom is -0.383 e. The van der Waals surface area contributed by atoms with Gasteiger partial charge in [-0.15, -0.1) is 11.3 Å². The predicted molar refractivity (Wildman–Crippen MR) is 141 cm³/mol. The highest BCUT2D eigenvalue weighted by atomic mass is 32.1. The topological polar surface area (TPSA) is 105 Å². The number of thiazole rings is 1. The summed E-state index contributed by atoms with van der Waals surface area (Å²) in [6.07, 6.45) is 7.17. The van der Waals surface area contributed by atoms with E-state index in [0.29, 0.717) is 35.5 Å². The predicted octanol–water partition coefficient (Wildman–Crippen LogP) is 3.02. The van der Waals surface area contributed by atoms with Crippen LogP contribution < -0.4 is 16.2 Å². The van der Waals surface area contributed by atoms with E-state index >= 15 is 0 Å². The molecule has 3 aromatic heterocycles. The Morgan fingerprint density at radius 1 is 1.35 bits per heavy atom. The zero-order valence-corrected chi connectivity index (χ0v) is 20.8. The van der Waals surface area contributed by atoms with Crippen LogP contribution in [0.15, 0.2) is 48.9 Å². The van der Waals surface area contributed by atoms with Crippen LogP contribution in [0.25, 0.3) is 21.6 Å². The van der Waals surface area contributed by atoms with Gasteiger partial charge in [0.05, 0.1) is 45.8 Å². The lowest BCUT2D eigenvalue weighted by molar-refractivity contribution is -0.125. The fraction of sp³-hybridized carbons (Fsp3) is 0.231. The van der Waals surface area contributed by atoms with Gasteiger partial charge in [-0.05, 0) is 18.6 Å². The Kier molecular flexibility index (Phi) is 5.62. The smallest absolute Gasteiger partial charge is 0.246 e. The SMILES string of the molecule is C=CC(=O)N1CC[C@H](N2N[C@@H](C#Cc3cc4ncn(C)c4cc3F)c3c(N)ncc(-c4nccs4)c32)C1. The molecule has 0 aliphatic carbocycles.